The number of aliphatic carboxylic acids is 1. The molecular formula is C13H16ClNO3S. The number of halogens is 1. The van der Waals surface area contributed by atoms with Crippen LogP contribution < -0.4 is 5.32 Å². The van der Waals surface area contributed by atoms with Crippen LogP contribution in [-0.2, 0) is 9.59 Å². The maximum Gasteiger partial charge on any atom is 0.303 e. The zero-order valence-corrected chi connectivity index (χ0v) is 12.3. The van der Waals surface area contributed by atoms with Gasteiger partial charge in [-0.15, -0.1) is 11.3 Å². The molecule has 19 heavy (non-hydrogen) atoms. The SMILES string of the molecule is CC(C)(CCC(=O)O)NC(=O)C=Cc1ccc(Cl)s1. The number of hydrogen-bond acceptors (Lipinski definition) is 3. The highest BCUT2D eigenvalue weighted by molar-refractivity contribution is 7.17. The van der Waals surface area contributed by atoms with Gasteiger partial charge in [0, 0.05) is 22.9 Å². The molecule has 0 radical (unpaired) electrons. The number of carbonyl (C=O) groups is 2. The first-order valence-corrected chi connectivity index (χ1v) is 6.95. The highest BCUT2D eigenvalue weighted by Gasteiger charge is 2.20. The molecule has 0 fully saturated rings. The quantitative estimate of drug-likeness (QED) is 0.793. The van der Waals surface area contributed by atoms with Crippen molar-refractivity contribution in [3.63, 3.8) is 0 Å². The lowest BCUT2D eigenvalue weighted by atomic mass is 9.98. The zero-order chi connectivity index (χ0) is 14.5. The second-order valence-corrected chi connectivity index (χ2v) is 6.49. The zero-order valence-electron chi connectivity index (χ0n) is 10.8. The number of carboxylic acids is 1. The lowest BCUT2D eigenvalue weighted by Crippen LogP contribution is -2.42. The average Bonchev–Trinajstić information content (AvgIpc) is 2.69. The van der Waals surface area contributed by atoms with Gasteiger partial charge < -0.3 is 10.4 Å². The van der Waals surface area contributed by atoms with Gasteiger partial charge in [0.05, 0.1) is 4.34 Å². The van der Waals surface area contributed by atoms with Crippen LogP contribution in [0, 0.1) is 0 Å². The number of carboxylic acid groups (broad SMARTS) is 1. The molecule has 104 valence electrons. The normalized spacial score (nSPS) is 11.7. The van der Waals surface area contributed by atoms with Crippen LogP contribution in [0.25, 0.3) is 6.08 Å². The van der Waals surface area contributed by atoms with E-state index in [0.717, 1.165) is 4.88 Å². The number of carbonyl (C=O) groups excluding carboxylic acids is 1. The predicted octanol–water partition coefficient (Wildman–Crippen LogP) is 3.17. The van der Waals surface area contributed by atoms with E-state index in [1.165, 1.54) is 17.4 Å². The number of thiophene rings is 1. The molecule has 0 unspecified atom stereocenters. The van der Waals surface area contributed by atoms with Crippen molar-refractivity contribution in [1.82, 2.24) is 5.32 Å². The van der Waals surface area contributed by atoms with Gasteiger partial charge in [-0.1, -0.05) is 11.6 Å². The Morgan fingerprint density at radius 3 is 2.68 bits per heavy atom. The molecule has 0 aliphatic carbocycles. The van der Waals surface area contributed by atoms with E-state index in [1.54, 1.807) is 26.0 Å². The molecule has 0 saturated carbocycles. The molecule has 0 spiro atoms. The molecule has 4 nitrogen and oxygen atoms in total. The van der Waals surface area contributed by atoms with Crippen molar-refractivity contribution in [1.29, 1.82) is 0 Å². The molecule has 6 heteroatoms. The van der Waals surface area contributed by atoms with Gasteiger partial charge in [-0.25, -0.2) is 0 Å². The van der Waals surface area contributed by atoms with Crippen LogP contribution in [0.4, 0.5) is 0 Å². The van der Waals surface area contributed by atoms with Crippen molar-refractivity contribution in [3.8, 4) is 0 Å². The summed E-state index contributed by atoms with van der Waals surface area (Å²) < 4.78 is 0.668. The number of hydrogen-bond donors (Lipinski definition) is 2. The third-order valence-electron chi connectivity index (χ3n) is 2.42. The minimum absolute atomic E-state index is 0.0253. The highest BCUT2D eigenvalue weighted by atomic mass is 35.5. The van der Waals surface area contributed by atoms with Crippen LogP contribution in [0.1, 0.15) is 31.6 Å². The van der Waals surface area contributed by atoms with Crippen molar-refractivity contribution in [2.75, 3.05) is 0 Å². The second-order valence-electron chi connectivity index (χ2n) is 4.74. The molecule has 0 bridgehead atoms. The van der Waals surface area contributed by atoms with Crippen LogP contribution >= 0.6 is 22.9 Å². The molecule has 0 aromatic carbocycles. The Morgan fingerprint density at radius 1 is 1.47 bits per heavy atom. The van der Waals surface area contributed by atoms with Gasteiger partial charge in [-0.05, 0) is 38.5 Å². The molecular weight excluding hydrogens is 286 g/mol. The van der Waals surface area contributed by atoms with E-state index in [4.69, 9.17) is 16.7 Å². The molecule has 1 amide bonds. The van der Waals surface area contributed by atoms with Gasteiger partial charge in [-0.2, -0.15) is 0 Å². The molecule has 1 aromatic heterocycles. The molecule has 1 heterocycles. The first kappa shape index (κ1) is 15.7. The van der Waals surface area contributed by atoms with Crippen LogP contribution in [0.3, 0.4) is 0 Å². The Hall–Kier alpha value is -1.33. The van der Waals surface area contributed by atoms with E-state index in [9.17, 15) is 9.59 Å². The maximum atomic E-state index is 11.7. The summed E-state index contributed by atoms with van der Waals surface area (Å²) >= 11 is 7.16. The Morgan fingerprint density at radius 2 is 2.16 bits per heavy atom. The van der Waals surface area contributed by atoms with Crippen molar-refractivity contribution >= 4 is 40.9 Å². The van der Waals surface area contributed by atoms with E-state index in [2.05, 4.69) is 5.32 Å². The first-order chi connectivity index (χ1) is 8.78. The van der Waals surface area contributed by atoms with E-state index < -0.39 is 11.5 Å². The summed E-state index contributed by atoms with van der Waals surface area (Å²) in [5.74, 6) is -1.12. The third kappa shape index (κ3) is 6.40. The van der Waals surface area contributed by atoms with Crippen LogP contribution in [0.5, 0.6) is 0 Å². The van der Waals surface area contributed by atoms with Gasteiger partial charge in [0.1, 0.15) is 0 Å². The van der Waals surface area contributed by atoms with Gasteiger partial charge in [-0.3, -0.25) is 9.59 Å². The van der Waals surface area contributed by atoms with E-state index >= 15 is 0 Å². The van der Waals surface area contributed by atoms with E-state index in [0.29, 0.717) is 10.8 Å². The Labute approximate surface area is 121 Å². The van der Waals surface area contributed by atoms with Crippen molar-refractivity contribution < 1.29 is 14.7 Å². The molecule has 0 aliphatic heterocycles. The van der Waals surface area contributed by atoms with Gasteiger partial charge in [0.2, 0.25) is 5.91 Å². The third-order valence-corrected chi connectivity index (χ3v) is 3.61. The standard InChI is InChI=1S/C13H16ClNO3S/c1-13(2,8-7-12(17)18)15-11(16)6-4-9-3-5-10(14)19-9/h3-6H,7-8H2,1-2H3,(H,15,16)(H,17,18). The van der Waals surface area contributed by atoms with Crippen molar-refractivity contribution in [2.45, 2.75) is 32.2 Å². The fraction of sp³-hybridized carbons (Fsp3) is 0.385. The summed E-state index contributed by atoms with van der Waals surface area (Å²) in [5.41, 5.74) is -0.549. The maximum absolute atomic E-state index is 11.7. The molecule has 0 atom stereocenters. The number of nitrogens with one attached hydrogen (secondary N) is 1. The monoisotopic (exact) mass is 301 g/mol. The molecule has 1 aromatic rings. The van der Waals surface area contributed by atoms with Crippen LogP contribution in [0.15, 0.2) is 18.2 Å². The first-order valence-electron chi connectivity index (χ1n) is 5.76. The molecule has 0 aliphatic rings. The average molecular weight is 302 g/mol. The molecule has 1 rings (SSSR count). The largest absolute Gasteiger partial charge is 0.481 e. The second kappa shape index (κ2) is 6.73. The lowest BCUT2D eigenvalue weighted by molar-refractivity contribution is -0.137. The smallest absolute Gasteiger partial charge is 0.303 e. The van der Waals surface area contributed by atoms with Crippen molar-refractivity contribution in [3.05, 3.63) is 27.4 Å². The van der Waals surface area contributed by atoms with Crippen LogP contribution in [0.2, 0.25) is 4.34 Å². The fourth-order valence-corrected chi connectivity index (χ4v) is 2.40. The highest BCUT2D eigenvalue weighted by Crippen LogP contribution is 2.22. The van der Waals surface area contributed by atoms with Crippen LogP contribution in [-0.4, -0.2) is 22.5 Å². The van der Waals surface area contributed by atoms with E-state index in [-0.39, 0.29) is 12.3 Å². The number of rotatable bonds is 6. The fourth-order valence-electron chi connectivity index (χ4n) is 1.43. The Balaban J connectivity index is 2.50. The predicted molar refractivity (Wildman–Crippen MR) is 77.5 cm³/mol. The summed E-state index contributed by atoms with van der Waals surface area (Å²) in [5, 5.41) is 11.4. The van der Waals surface area contributed by atoms with Gasteiger partial charge >= 0.3 is 5.97 Å². The summed E-state index contributed by atoms with van der Waals surface area (Å²) in [6.45, 7) is 3.59. The summed E-state index contributed by atoms with van der Waals surface area (Å²) in [6, 6.07) is 3.59. The Kier molecular flexibility index (Phi) is 5.57. The van der Waals surface area contributed by atoms with Crippen molar-refractivity contribution in [2.24, 2.45) is 0 Å². The lowest BCUT2D eigenvalue weighted by Gasteiger charge is -2.24. The summed E-state index contributed by atoms with van der Waals surface area (Å²) in [6.07, 6.45) is 3.51. The van der Waals surface area contributed by atoms with Gasteiger partial charge in [0.25, 0.3) is 0 Å². The topological polar surface area (TPSA) is 66.4 Å². The van der Waals surface area contributed by atoms with E-state index in [1.807, 2.05) is 6.07 Å². The molecule has 2 N–H and O–H groups in total. The summed E-state index contributed by atoms with van der Waals surface area (Å²) in [4.78, 5) is 23.1. The number of amides is 1. The van der Waals surface area contributed by atoms with Gasteiger partial charge in [0.15, 0.2) is 0 Å². The Bertz CT molecular complexity index is 494. The minimum Gasteiger partial charge on any atom is -0.481 e. The minimum atomic E-state index is -0.869. The summed E-state index contributed by atoms with van der Waals surface area (Å²) in [7, 11) is 0. The molecule has 0 saturated heterocycles.